The van der Waals surface area contributed by atoms with E-state index in [9.17, 15) is 13.2 Å². The Morgan fingerprint density at radius 1 is 1.32 bits per heavy atom. The van der Waals surface area contributed by atoms with Crippen molar-refractivity contribution >= 4 is 11.6 Å². The van der Waals surface area contributed by atoms with Gasteiger partial charge in [0.2, 0.25) is 5.82 Å². The van der Waals surface area contributed by atoms with Crippen molar-refractivity contribution in [3.63, 3.8) is 0 Å². The quantitative estimate of drug-likeness (QED) is 0.878. The van der Waals surface area contributed by atoms with E-state index in [1.165, 1.54) is 6.07 Å². The van der Waals surface area contributed by atoms with Crippen molar-refractivity contribution in [3.05, 3.63) is 30.4 Å². The summed E-state index contributed by atoms with van der Waals surface area (Å²) in [7, 11) is 0. The molecule has 0 aliphatic heterocycles. The number of rotatable bonds is 4. The van der Waals surface area contributed by atoms with Gasteiger partial charge in [0.05, 0.1) is 6.54 Å². The Kier molecular flexibility index (Phi) is 3.54. The van der Waals surface area contributed by atoms with Gasteiger partial charge >= 0.3 is 6.18 Å². The zero-order valence-electron chi connectivity index (χ0n) is 9.72. The first kappa shape index (κ1) is 13.1. The summed E-state index contributed by atoms with van der Waals surface area (Å²) < 4.78 is 39.1. The maximum atomic E-state index is 12.5. The molecule has 0 bridgehead atoms. The van der Waals surface area contributed by atoms with Crippen molar-refractivity contribution in [2.24, 2.45) is 0 Å². The molecule has 0 aliphatic rings. The summed E-state index contributed by atoms with van der Waals surface area (Å²) in [6.45, 7) is 0.869. The maximum absolute atomic E-state index is 12.5. The summed E-state index contributed by atoms with van der Waals surface area (Å²) in [5.74, 6) is -1.45. The number of hydrogen-bond acceptors (Lipinski definition) is 5. The van der Waals surface area contributed by atoms with Gasteiger partial charge in [-0.05, 0) is 6.07 Å². The number of nitrogens with one attached hydrogen (secondary N) is 1. The van der Waals surface area contributed by atoms with Crippen LogP contribution in [0, 0.1) is 0 Å². The molecule has 2 heterocycles. The molecule has 0 saturated heterocycles. The molecule has 19 heavy (non-hydrogen) atoms. The van der Waals surface area contributed by atoms with Gasteiger partial charge in [-0.15, -0.1) is 0 Å². The van der Waals surface area contributed by atoms with Gasteiger partial charge in [-0.1, -0.05) is 0 Å². The van der Waals surface area contributed by atoms with Crippen molar-refractivity contribution in [1.82, 2.24) is 19.7 Å². The fourth-order valence-corrected chi connectivity index (χ4v) is 1.41. The summed E-state index contributed by atoms with van der Waals surface area (Å²) in [4.78, 5) is 6.51. The minimum absolute atomic E-state index is 0.0342. The van der Waals surface area contributed by atoms with Gasteiger partial charge in [0.1, 0.15) is 11.6 Å². The van der Waals surface area contributed by atoms with Gasteiger partial charge in [0.25, 0.3) is 0 Å². The van der Waals surface area contributed by atoms with Gasteiger partial charge in [-0.3, -0.25) is 4.68 Å². The monoisotopic (exact) mass is 272 g/mol. The lowest BCUT2D eigenvalue weighted by atomic mass is 10.4. The van der Waals surface area contributed by atoms with Crippen LogP contribution in [0.5, 0.6) is 0 Å². The van der Waals surface area contributed by atoms with Gasteiger partial charge in [0.15, 0.2) is 0 Å². The third kappa shape index (κ3) is 3.57. The van der Waals surface area contributed by atoms with Crippen LogP contribution in [0.3, 0.4) is 0 Å². The number of hydrogen-bond donors (Lipinski definition) is 2. The fraction of sp³-hybridized carbons (Fsp3) is 0.300. The highest BCUT2D eigenvalue weighted by molar-refractivity contribution is 5.44. The van der Waals surface area contributed by atoms with E-state index in [4.69, 9.17) is 5.73 Å². The van der Waals surface area contributed by atoms with E-state index in [1.807, 2.05) is 0 Å². The average molecular weight is 272 g/mol. The highest BCUT2D eigenvalue weighted by Crippen LogP contribution is 2.27. The molecule has 3 N–H and O–H groups in total. The number of nitrogens with zero attached hydrogens (tertiary/aromatic N) is 4. The number of nitrogens with two attached hydrogens (primary N) is 1. The number of halogens is 3. The van der Waals surface area contributed by atoms with Crippen LogP contribution in [0.1, 0.15) is 5.82 Å². The van der Waals surface area contributed by atoms with Crippen LogP contribution in [-0.4, -0.2) is 26.3 Å². The molecule has 0 fully saturated rings. The molecule has 2 aromatic rings. The van der Waals surface area contributed by atoms with Crippen molar-refractivity contribution in [2.75, 3.05) is 17.6 Å². The molecule has 2 rings (SSSR count). The molecule has 102 valence electrons. The molecule has 0 spiro atoms. The SMILES string of the molecule is Nc1cc(NCCn2cccn2)nc(C(F)(F)F)n1. The predicted octanol–water partition coefficient (Wildman–Crippen LogP) is 1.39. The summed E-state index contributed by atoms with van der Waals surface area (Å²) in [6, 6.07) is 3.00. The third-order valence-electron chi connectivity index (χ3n) is 2.21. The fourth-order valence-electron chi connectivity index (χ4n) is 1.41. The van der Waals surface area contributed by atoms with Gasteiger partial charge in [-0.2, -0.15) is 18.3 Å². The minimum atomic E-state index is -4.62. The second-order valence-electron chi connectivity index (χ2n) is 3.70. The molecule has 0 amide bonds. The Labute approximate surface area is 106 Å². The summed E-state index contributed by atoms with van der Waals surface area (Å²) in [5, 5.41) is 6.71. The molecular weight excluding hydrogens is 261 g/mol. The molecule has 0 atom stereocenters. The lowest BCUT2D eigenvalue weighted by molar-refractivity contribution is -0.144. The number of anilines is 2. The topological polar surface area (TPSA) is 81.6 Å². The number of nitrogen functional groups attached to an aromatic ring is 1. The second kappa shape index (κ2) is 5.12. The molecule has 9 heteroatoms. The molecule has 6 nitrogen and oxygen atoms in total. The van der Waals surface area contributed by atoms with E-state index in [1.54, 1.807) is 23.1 Å². The lowest BCUT2D eigenvalue weighted by Crippen LogP contribution is -2.16. The highest BCUT2D eigenvalue weighted by atomic mass is 19.4. The van der Waals surface area contributed by atoms with E-state index < -0.39 is 12.0 Å². The van der Waals surface area contributed by atoms with Crippen LogP contribution in [0.4, 0.5) is 24.8 Å². The lowest BCUT2D eigenvalue weighted by Gasteiger charge is -2.10. The van der Waals surface area contributed by atoms with E-state index in [0.717, 1.165) is 0 Å². The zero-order valence-corrected chi connectivity index (χ0v) is 9.72. The van der Waals surface area contributed by atoms with Crippen LogP contribution >= 0.6 is 0 Å². The summed E-state index contributed by atoms with van der Waals surface area (Å²) in [6.07, 6.45) is -1.25. The van der Waals surface area contributed by atoms with Gasteiger partial charge in [-0.25, -0.2) is 9.97 Å². The number of alkyl halides is 3. The largest absolute Gasteiger partial charge is 0.451 e. The van der Waals surface area contributed by atoms with Crippen LogP contribution in [0.15, 0.2) is 24.5 Å². The van der Waals surface area contributed by atoms with Crippen molar-refractivity contribution in [2.45, 2.75) is 12.7 Å². The normalized spacial score (nSPS) is 11.5. The summed E-state index contributed by atoms with van der Waals surface area (Å²) in [5.41, 5.74) is 5.31. The maximum Gasteiger partial charge on any atom is 0.451 e. The predicted molar refractivity (Wildman–Crippen MR) is 62.2 cm³/mol. The first-order chi connectivity index (χ1) is 8.95. The van der Waals surface area contributed by atoms with Crippen LogP contribution in [0.2, 0.25) is 0 Å². The Morgan fingerprint density at radius 2 is 2.11 bits per heavy atom. The standard InChI is InChI=1S/C10H11F3N6/c11-10(12,13)9-17-7(14)6-8(18-9)15-3-5-19-4-1-2-16-19/h1-2,4,6H,3,5H2,(H3,14,15,17,18). The Balaban J connectivity index is 2.02. The second-order valence-corrected chi connectivity index (χ2v) is 3.70. The van der Waals surface area contributed by atoms with Crippen molar-refractivity contribution < 1.29 is 13.2 Å². The first-order valence-corrected chi connectivity index (χ1v) is 5.38. The molecule has 0 radical (unpaired) electrons. The van der Waals surface area contributed by atoms with Crippen LogP contribution in [0.25, 0.3) is 0 Å². The van der Waals surface area contributed by atoms with E-state index in [-0.39, 0.29) is 11.6 Å². The zero-order chi connectivity index (χ0) is 13.9. The molecule has 0 saturated carbocycles. The first-order valence-electron chi connectivity index (χ1n) is 5.38. The van der Waals surface area contributed by atoms with E-state index >= 15 is 0 Å². The highest BCUT2D eigenvalue weighted by Gasteiger charge is 2.35. The molecular formula is C10H11F3N6. The van der Waals surface area contributed by atoms with Crippen molar-refractivity contribution in [3.8, 4) is 0 Å². The average Bonchev–Trinajstić information content (AvgIpc) is 2.80. The molecule has 0 aliphatic carbocycles. The number of aromatic nitrogens is 4. The Morgan fingerprint density at radius 3 is 2.74 bits per heavy atom. The minimum Gasteiger partial charge on any atom is -0.384 e. The van der Waals surface area contributed by atoms with Crippen LogP contribution < -0.4 is 11.1 Å². The molecule has 2 aromatic heterocycles. The van der Waals surface area contributed by atoms with E-state index in [2.05, 4.69) is 20.4 Å². The molecule has 0 unspecified atom stereocenters. The van der Waals surface area contributed by atoms with E-state index in [0.29, 0.717) is 13.1 Å². The van der Waals surface area contributed by atoms with Gasteiger partial charge < -0.3 is 11.1 Å². The Bertz CT molecular complexity index is 537. The van der Waals surface area contributed by atoms with Crippen molar-refractivity contribution in [1.29, 1.82) is 0 Å². The summed E-state index contributed by atoms with van der Waals surface area (Å²) >= 11 is 0. The smallest absolute Gasteiger partial charge is 0.384 e. The van der Waals surface area contributed by atoms with Crippen LogP contribution in [-0.2, 0) is 12.7 Å². The Hall–Kier alpha value is -2.32. The molecule has 0 aromatic carbocycles. The third-order valence-corrected chi connectivity index (χ3v) is 2.21. The van der Waals surface area contributed by atoms with Gasteiger partial charge in [0, 0.05) is 25.0 Å².